The van der Waals surface area contributed by atoms with E-state index in [-0.39, 0.29) is 84.5 Å². The quantitative estimate of drug-likeness (QED) is 0.292. The number of hydrogen-bond acceptors (Lipinski definition) is 11. The van der Waals surface area contributed by atoms with Gasteiger partial charge in [-0.2, -0.15) is 0 Å². The summed E-state index contributed by atoms with van der Waals surface area (Å²) in [4.78, 5) is 43.3. The molecule has 7 bridgehead atoms. The van der Waals surface area contributed by atoms with Crippen LogP contribution in [0.2, 0.25) is 0 Å². The van der Waals surface area contributed by atoms with E-state index in [1.54, 1.807) is 59.6 Å². The lowest BCUT2D eigenvalue weighted by Gasteiger charge is -2.70. The van der Waals surface area contributed by atoms with Crippen molar-refractivity contribution < 1.29 is 48.3 Å². The van der Waals surface area contributed by atoms with Crippen molar-refractivity contribution in [3.63, 3.8) is 0 Å². The van der Waals surface area contributed by atoms with Crippen LogP contribution in [0, 0.1) is 40.4 Å². The third-order valence-electron chi connectivity index (χ3n) is 14.5. The van der Waals surface area contributed by atoms with Gasteiger partial charge in [-0.05, 0) is 43.9 Å². The van der Waals surface area contributed by atoms with Crippen molar-refractivity contribution in [3.8, 4) is 0 Å². The normalized spacial score (nSPS) is 48.0. The van der Waals surface area contributed by atoms with Crippen LogP contribution in [0.25, 0.3) is 0 Å². The highest BCUT2D eigenvalue weighted by Gasteiger charge is 2.91. The number of fused-ring (bicyclic) bond motifs is 2. The second-order valence-electron chi connectivity index (χ2n) is 16.0. The van der Waals surface area contributed by atoms with Gasteiger partial charge in [0.15, 0.2) is 0 Å². The number of aliphatic hydroxyl groups is 2. The van der Waals surface area contributed by atoms with Gasteiger partial charge in [0.2, 0.25) is 11.8 Å². The average Bonchev–Trinajstić information content (AvgIpc) is 3.63. The van der Waals surface area contributed by atoms with Crippen molar-refractivity contribution in [3.05, 3.63) is 29.8 Å². The number of esters is 1. The SMILES string of the molecule is CCN1C[C@]2(COC(=O)c3ccccc3N3C(=O)C[C@H](C)C3=O)CC[C@H](OC)[C@@]34C1[C@](O)([C@@H](OC)[C@H]23)[C@@]1(O)C[C@H](OC)[C@H]2C[C@@H]4[C@@H]1[C@H]2OC. The minimum Gasteiger partial charge on any atom is -0.461 e. The highest BCUT2D eigenvalue weighted by molar-refractivity contribution is 6.22. The molecule has 8 rings (SSSR count). The molecule has 7 aliphatic rings. The van der Waals surface area contributed by atoms with Gasteiger partial charge in [0.25, 0.3) is 0 Å². The molecule has 1 aromatic carbocycles. The Balaban J connectivity index is 1.23. The van der Waals surface area contributed by atoms with Crippen LogP contribution < -0.4 is 4.90 Å². The van der Waals surface area contributed by atoms with E-state index in [9.17, 15) is 24.6 Å². The number of likely N-dealkylation sites (tertiary alicyclic amines) is 1. The first-order chi connectivity index (χ1) is 23.4. The lowest BCUT2D eigenvalue weighted by Crippen LogP contribution is -2.82. The van der Waals surface area contributed by atoms with Crippen molar-refractivity contribution >= 4 is 23.5 Å². The molecule has 7 fully saturated rings. The van der Waals surface area contributed by atoms with Crippen molar-refractivity contribution in [2.45, 2.75) is 87.6 Å². The predicted molar refractivity (Wildman–Crippen MR) is 174 cm³/mol. The van der Waals surface area contributed by atoms with E-state index in [0.717, 1.165) is 11.3 Å². The van der Waals surface area contributed by atoms with Gasteiger partial charge >= 0.3 is 5.97 Å². The van der Waals surface area contributed by atoms with Crippen LogP contribution in [0.15, 0.2) is 24.3 Å². The number of carbonyl (C=O) groups excluding carboxylic acids is 3. The molecule has 12 nitrogen and oxygen atoms in total. The summed E-state index contributed by atoms with van der Waals surface area (Å²) in [5, 5.41) is 26.6. The maximum absolute atomic E-state index is 14.1. The minimum atomic E-state index is -1.70. The monoisotopic (exact) mass is 682 g/mol. The van der Waals surface area contributed by atoms with Gasteiger partial charge in [0, 0.05) is 82.3 Å². The molecular formula is C37H50N2O10. The van der Waals surface area contributed by atoms with Crippen molar-refractivity contribution in [1.29, 1.82) is 0 Å². The third kappa shape index (κ3) is 3.86. The Kier molecular flexibility index (Phi) is 7.75. The highest BCUT2D eigenvalue weighted by atomic mass is 16.5. The number of hydrogen-bond donors (Lipinski definition) is 2. The molecular weight excluding hydrogens is 632 g/mol. The molecule has 2 saturated heterocycles. The van der Waals surface area contributed by atoms with E-state index in [2.05, 4.69) is 11.8 Å². The van der Waals surface area contributed by atoms with Crippen LogP contribution in [-0.4, -0.2) is 123 Å². The van der Waals surface area contributed by atoms with E-state index < -0.39 is 46.1 Å². The van der Waals surface area contributed by atoms with Crippen LogP contribution in [-0.2, 0) is 33.3 Å². The third-order valence-corrected chi connectivity index (χ3v) is 14.5. The number of benzene rings is 1. The van der Waals surface area contributed by atoms with Gasteiger partial charge < -0.3 is 33.9 Å². The molecule has 1 aromatic rings. The van der Waals surface area contributed by atoms with Gasteiger partial charge in [-0.15, -0.1) is 0 Å². The van der Waals surface area contributed by atoms with Gasteiger partial charge in [-0.25, -0.2) is 9.69 Å². The fourth-order valence-electron chi connectivity index (χ4n) is 13.2. The predicted octanol–water partition coefficient (Wildman–Crippen LogP) is 2.04. The van der Waals surface area contributed by atoms with Gasteiger partial charge in [0.05, 0.1) is 48.3 Å². The number of carbonyl (C=O) groups is 3. The van der Waals surface area contributed by atoms with E-state index in [4.69, 9.17) is 23.7 Å². The molecule has 268 valence electrons. The fourth-order valence-corrected chi connectivity index (χ4v) is 13.2. The molecule has 1 unspecified atom stereocenters. The Bertz CT molecular complexity index is 1560. The number of piperidine rings is 1. The maximum Gasteiger partial charge on any atom is 0.340 e. The van der Waals surface area contributed by atoms with Crippen LogP contribution in [0.3, 0.4) is 0 Å². The summed E-state index contributed by atoms with van der Waals surface area (Å²) in [5.74, 6) is -2.47. The second-order valence-corrected chi connectivity index (χ2v) is 16.0. The topological polar surface area (TPSA) is 144 Å². The first-order valence-corrected chi connectivity index (χ1v) is 17.9. The minimum absolute atomic E-state index is 0.0358. The number of methoxy groups -OCH3 is 4. The van der Waals surface area contributed by atoms with Gasteiger partial charge in [0.1, 0.15) is 11.2 Å². The number of para-hydroxylation sites is 1. The lowest BCUT2D eigenvalue weighted by molar-refractivity contribution is -0.320. The Morgan fingerprint density at radius 1 is 1.04 bits per heavy atom. The van der Waals surface area contributed by atoms with E-state index in [1.807, 2.05) is 0 Å². The smallest absolute Gasteiger partial charge is 0.340 e. The van der Waals surface area contributed by atoms with Crippen molar-refractivity contribution in [1.82, 2.24) is 4.90 Å². The largest absolute Gasteiger partial charge is 0.461 e. The van der Waals surface area contributed by atoms with E-state index >= 15 is 0 Å². The Labute approximate surface area is 287 Å². The number of rotatable bonds is 9. The number of likely N-dealkylation sites (N-methyl/N-ethyl adjacent to an activating group) is 1. The van der Waals surface area contributed by atoms with Crippen LogP contribution >= 0.6 is 0 Å². The zero-order chi connectivity index (χ0) is 34.8. The summed E-state index contributed by atoms with van der Waals surface area (Å²) in [7, 11) is 6.70. The summed E-state index contributed by atoms with van der Waals surface area (Å²) in [6, 6.07) is 6.12. The lowest BCUT2D eigenvalue weighted by atomic mass is 9.42. The van der Waals surface area contributed by atoms with Gasteiger partial charge in [-0.1, -0.05) is 26.0 Å². The zero-order valence-electron chi connectivity index (χ0n) is 29.3. The number of imide groups is 1. The molecule has 1 spiro atoms. The molecule has 0 aromatic heterocycles. The molecule has 2 aliphatic heterocycles. The highest BCUT2D eigenvalue weighted by Crippen LogP contribution is 2.80. The van der Waals surface area contributed by atoms with Crippen LogP contribution in [0.4, 0.5) is 5.69 Å². The first-order valence-electron chi connectivity index (χ1n) is 17.9. The van der Waals surface area contributed by atoms with Crippen LogP contribution in [0.1, 0.15) is 56.3 Å². The fraction of sp³-hybridized carbons (Fsp3) is 0.757. The second kappa shape index (κ2) is 11.3. The van der Waals surface area contributed by atoms with Crippen molar-refractivity contribution in [2.75, 3.05) is 53.0 Å². The number of nitrogens with zero attached hydrogens (tertiary/aromatic N) is 2. The van der Waals surface area contributed by atoms with Crippen LogP contribution in [0.5, 0.6) is 0 Å². The summed E-state index contributed by atoms with van der Waals surface area (Å²) in [6.07, 6.45) is 0.813. The summed E-state index contributed by atoms with van der Waals surface area (Å²) >= 11 is 0. The van der Waals surface area contributed by atoms with Crippen molar-refractivity contribution in [2.24, 2.45) is 40.4 Å². The summed E-state index contributed by atoms with van der Waals surface area (Å²) < 4.78 is 31.4. The molecule has 2 N–H and O–H groups in total. The average molecular weight is 683 g/mol. The molecule has 49 heavy (non-hydrogen) atoms. The summed E-state index contributed by atoms with van der Waals surface area (Å²) in [5.41, 5.74) is -4.17. The maximum atomic E-state index is 14.1. The molecule has 12 heteroatoms. The molecule has 5 saturated carbocycles. The van der Waals surface area contributed by atoms with Gasteiger partial charge in [-0.3, -0.25) is 14.5 Å². The number of amides is 2. The molecule has 0 radical (unpaired) electrons. The number of ether oxygens (including phenoxy) is 5. The van der Waals surface area contributed by atoms with E-state index in [0.29, 0.717) is 25.9 Å². The Hall–Kier alpha value is -2.45. The Morgan fingerprint density at radius 2 is 1.80 bits per heavy atom. The molecule has 5 aliphatic carbocycles. The molecule has 2 heterocycles. The Morgan fingerprint density at radius 3 is 2.43 bits per heavy atom. The standard InChI is InChI=1S/C37H50N2O10/c1-7-38-17-34(18-49-32(42)20-10-8-9-11-23(20)39-26(40)14-19(2)31(39)41)13-12-25(46-4)36-22-15-21-24(45-3)16-35(43,27(22)28(21)47-5)37(44,33(36)38)30(48-6)29(34)36/h8-11,19,21-22,24-25,27-30,33,43-44H,7,12-18H2,1-6H3/t19-,21+,22+,24-,25-,27+,28-,29+,30-,33?,34-,35+,36+,37+/m0/s1. The zero-order valence-corrected chi connectivity index (χ0v) is 29.3. The molecule has 2 amide bonds. The first kappa shape index (κ1) is 33.7. The van der Waals surface area contributed by atoms with E-state index in [1.165, 1.54) is 0 Å². The summed E-state index contributed by atoms with van der Waals surface area (Å²) in [6.45, 7) is 4.95. The number of anilines is 1. The molecule has 14 atom stereocenters.